The largest absolute Gasteiger partial charge is 0.493 e. The third-order valence-corrected chi connectivity index (χ3v) is 6.13. The average molecular weight is 664 g/mol. The minimum atomic E-state index is 0.532. The molecule has 0 fully saturated rings. The fraction of sp³-hybridized carbons (Fsp3) is 0.250. The Kier molecular flexibility index (Phi) is 14.3. The summed E-state index contributed by atoms with van der Waals surface area (Å²) in [4.78, 5) is 10.5. The Morgan fingerprint density at radius 2 is 1.03 bits per heavy atom. The summed E-state index contributed by atoms with van der Waals surface area (Å²) >= 11 is 6.56. The summed E-state index contributed by atoms with van der Waals surface area (Å²) in [5, 5.41) is 17.4. The van der Waals surface area contributed by atoms with Crippen LogP contribution >= 0.6 is 31.9 Å². The molecule has 0 atom stereocenters. The number of hydrogen-bond acceptors (Lipinski definition) is 9. The Balaban J connectivity index is 0.000000292. The molecule has 206 valence electrons. The van der Waals surface area contributed by atoms with Crippen molar-refractivity contribution >= 4 is 38.1 Å². The summed E-state index contributed by atoms with van der Waals surface area (Å²) in [7, 11) is 9.29. The highest BCUT2D eigenvalue weighted by Crippen LogP contribution is 2.37. The molecular weight excluding hydrogens is 636 g/mol. The fourth-order valence-electron chi connectivity index (χ4n) is 3.21. The molecule has 0 saturated carbocycles. The molecule has 0 unspecified atom stereocenters. The molecule has 11 heteroatoms. The Labute approximate surface area is 245 Å². The lowest BCUT2D eigenvalue weighted by Gasteiger charge is -2.10. The minimum Gasteiger partial charge on any atom is -0.493 e. The first-order valence-electron chi connectivity index (χ1n) is 11.0. The number of nitriles is 2. The van der Waals surface area contributed by atoms with Crippen molar-refractivity contribution in [1.29, 1.82) is 10.5 Å². The normalized spacial score (nSPS) is 9.21. The summed E-state index contributed by atoms with van der Waals surface area (Å²) in [5.74, 6) is 3.56. The van der Waals surface area contributed by atoms with E-state index in [2.05, 4.69) is 37.9 Å². The molecule has 0 N–H and O–H groups in total. The Morgan fingerprint density at radius 1 is 0.615 bits per heavy atom. The van der Waals surface area contributed by atoms with Crippen molar-refractivity contribution in [1.82, 2.24) is 0 Å². The standard InChI is InChI=1S/C10H11NO2.C9H8BrNO2.C9H9BrO3/c1-7-4-8(6-11)5-9(12-2)10(7)13-3;2*1-12-8-4-6(5-11)3-7(10)9(8)13-2/h4-5H,1-3H3;3-4H,1-2H3;3-5H,1-2H3. The van der Waals surface area contributed by atoms with E-state index in [1.165, 1.54) is 14.2 Å². The molecule has 0 radical (unpaired) electrons. The van der Waals surface area contributed by atoms with E-state index in [-0.39, 0.29) is 0 Å². The molecule has 39 heavy (non-hydrogen) atoms. The van der Waals surface area contributed by atoms with Crippen molar-refractivity contribution in [2.75, 3.05) is 42.7 Å². The quantitative estimate of drug-likeness (QED) is 0.261. The van der Waals surface area contributed by atoms with Gasteiger partial charge in [0.05, 0.1) is 74.9 Å². The van der Waals surface area contributed by atoms with Crippen LogP contribution in [0.3, 0.4) is 0 Å². The van der Waals surface area contributed by atoms with Gasteiger partial charge in [-0.1, -0.05) is 0 Å². The fourth-order valence-corrected chi connectivity index (χ4v) is 4.43. The van der Waals surface area contributed by atoms with E-state index in [0.29, 0.717) is 60.1 Å². The highest BCUT2D eigenvalue weighted by atomic mass is 79.9. The summed E-state index contributed by atoms with van der Waals surface area (Å²) in [6.07, 6.45) is 0.757. The maximum Gasteiger partial charge on any atom is 0.174 e. The number of halogens is 2. The average Bonchev–Trinajstić information content (AvgIpc) is 2.96. The summed E-state index contributed by atoms with van der Waals surface area (Å²) < 4.78 is 31.9. The molecule has 0 amide bonds. The van der Waals surface area contributed by atoms with Gasteiger partial charge in [-0.3, -0.25) is 4.79 Å². The number of methoxy groups -OCH3 is 6. The zero-order valence-corrected chi connectivity index (χ0v) is 25.7. The van der Waals surface area contributed by atoms with E-state index in [0.717, 1.165) is 11.8 Å². The lowest BCUT2D eigenvalue weighted by Crippen LogP contribution is -1.94. The maximum atomic E-state index is 10.5. The number of nitrogens with zero attached hydrogens (tertiary/aromatic N) is 2. The molecule has 0 aliphatic heterocycles. The highest BCUT2D eigenvalue weighted by Gasteiger charge is 2.11. The van der Waals surface area contributed by atoms with E-state index in [4.69, 9.17) is 38.9 Å². The van der Waals surface area contributed by atoms with Crippen LogP contribution in [0.15, 0.2) is 45.3 Å². The van der Waals surface area contributed by atoms with Gasteiger partial charge in [-0.05, 0) is 68.6 Å². The first-order chi connectivity index (χ1) is 18.7. The first-order valence-corrected chi connectivity index (χ1v) is 12.6. The third kappa shape index (κ3) is 9.10. The number of aldehydes is 1. The molecule has 0 aliphatic carbocycles. The minimum absolute atomic E-state index is 0.532. The molecule has 3 rings (SSSR count). The SMILES string of the molecule is COc1cc(C#N)cc(Br)c1OC.COc1cc(C#N)cc(C)c1OC.COc1cc(C=O)cc(Br)c1OC. The van der Waals surface area contributed by atoms with Gasteiger partial charge in [0.1, 0.15) is 6.29 Å². The smallest absolute Gasteiger partial charge is 0.174 e. The number of aryl methyl sites for hydroxylation is 1. The number of rotatable bonds is 7. The number of carbonyl (C=O) groups is 1. The lowest BCUT2D eigenvalue weighted by atomic mass is 10.1. The molecule has 3 aromatic rings. The maximum absolute atomic E-state index is 10.5. The van der Waals surface area contributed by atoms with Crippen molar-refractivity contribution in [2.45, 2.75) is 6.92 Å². The molecular formula is C28H28Br2N2O7. The number of carbonyl (C=O) groups excluding carboxylic acids is 1. The van der Waals surface area contributed by atoms with E-state index < -0.39 is 0 Å². The van der Waals surface area contributed by atoms with Gasteiger partial charge in [-0.25, -0.2) is 0 Å². The molecule has 0 bridgehead atoms. The van der Waals surface area contributed by atoms with Crippen molar-refractivity contribution in [3.05, 3.63) is 67.6 Å². The predicted octanol–water partition coefficient (Wildman–Crippen LogP) is 6.50. The van der Waals surface area contributed by atoms with Gasteiger partial charge in [0.2, 0.25) is 0 Å². The van der Waals surface area contributed by atoms with Crippen LogP contribution in [0.1, 0.15) is 27.0 Å². The second-order valence-electron chi connectivity index (χ2n) is 7.30. The van der Waals surface area contributed by atoms with Crippen LogP contribution in [0.5, 0.6) is 34.5 Å². The molecule has 9 nitrogen and oxygen atoms in total. The van der Waals surface area contributed by atoms with Crippen LogP contribution in [0.4, 0.5) is 0 Å². The van der Waals surface area contributed by atoms with E-state index in [9.17, 15) is 4.79 Å². The summed E-state index contributed by atoms with van der Waals surface area (Å²) in [5.41, 5.74) is 2.56. The zero-order chi connectivity index (χ0) is 29.5. The molecule has 3 aromatic carbocycles. The third-order valence-electron chi connectivity index (χ3n) is 4.95. The second kappa shape index (κ2) is 16.8. The van der Waals surface area contributed by atoms with Gasteiger partial charge in [0.15, 0.2) is 34.5 Å². The van der Waals surface area contributed by atoms with Gasteiger partial charge in [0.25, 0.3) is 0 Å². The van der Waals surface area contributed by atoms with Gasteiger partial charge < -0.3 is 28.4 Å². The van der Waals surface area contributed by atoms with Gasteiger partial charge in [-0.2, -0.15) is 10.5 Å². The monoisotopic (exact) mass is 662 g/mol. The summed E-state index contributed by atoms with van der Waals surface area (Å²) in [6, 6.07) is 14.1. The van der Waals surface area contributed by atoms with Crippen LogP contribution < -0.4 is 28.4 Å². The van der Waals surface area contributed by atoms with Gasteiger partial charge in [-0.15, -0.1) is 0 Å². The van der Waals surface area contributed by atoms with Crippen LogP contribution in [0.25, 0.3) is 0 Å². The van der Waals surface area contributed by atoms with Crippen molar-refractivity contribution in [3.63, 3.8) is 0 Å². The van der Waals surface area contributed by atoms with Gasteiger partial charge in [0, 0.05) is 17.7 Å². The number of ether oxygens (including phenoxy) is 6. The van der Waals surface area contributed by atoms with Crippen molar-refractivity contribution in [3.8, 4) is 46.6 Å². The Bertz CT molecular complexity index is 1290. The van der Waals surface area contributed by atoms with Crippen LogP contribution in [-0.4, -0.2) is 48.9 Å². The van der Waals surface area contributed by atoms with E-state index in [1.54, 1.807) is 64.8 Å². The number of benzene rings is 3. The van der Waals surface area contributed by atoms with Crippen LogP contribution in [0.2, 0.25) is 0 Å². The van der Waals surface area contributed by atoms with Gasteiger partial charge >= 0.3 is 0 Å². The second-order valence-corrected chi connectivity index (χ2v) is 9.01. The lowest BCUT2D eigenvalue weighted by molar-refractivity contribution is 0.112. The van der Waals surface area contributed by atoms with E-state index in [1.807, 2.05) is 13.0 Å². The summed E-state index contributed by atoms with van der Waals surface area (Å²) in [6.45, 7) is 1.88. The first kappa shape index (κ1) is 33.1. The highest BCUT2D eigenvalue weighted by molar-refractivity contribution is 9.11. The Morgan fingerprint density at radius 3 is 1.44 bits per heavy atom. The predicted molar refractivity (Wildman–Crippen MR) is 154 cm³/mol. The van der Waals surface area contributed by atoms with Crippen molar-refractivity contribution in [2.24, 2.45) is 0 Å². The van der Waals surface area contributed by atoms with Crippen LogP contribution in [-0.2, 0) is 0 Å². The van der Waals surface area contributed by atoms with Crippen molar-refractivity contribution < 1.29 is 33.2 Å². The molecule has 0 spiro atoms. The topological polar surface area (TPSA) is 120 Å². The van der Waals surface area contributed by atoms with Crippen LogP contribution in [0, 0.1) is 29.6 Å². The zero-order valence-electron chi connectivity index (χ0n) is 22.5. The van der Waals surface area contributed by atoms with E-state index >= 15 is 0 Å². The molecule has 0 aliphatic rings. The number of hydrogen-bond donors (Lipinski definition) is 0. The Hall–Kier alpha value is -3.93. The molecule has 0 saturated heterocycles. The molecule has 0 heterocycles. The molecule has 0 aromatic heterocycles.